The maximum Gasteiger partial charge on any atom is 0.141 e. The molecule has 18 heavy (non-hydrogen) atoms. The predicted octanol–water partition coefficient (Wildman–Crippen LogP) is 3.84. The Kier molecular flexibility index (Phi) is 4.70. The third-order valence-electron chi connectivity index (χ3n) is 4.09. The highest BCUT2D eigenvalue weighted by Gasteiger charge is 2.23. The molecule has 0 spiro atoms. The molecule has 1 aromatic heterocycles. The Morgan fingerprint density at radius 2 is 2.11 bits per heavy atom. The molecule has 2 unspecified atom stereocenters. The van der Waals surface area contributed by atoms with Gasteiger partial charge in [-0.05, 0) is 44.2 Å². The molecule has 3 heteroatoms. The average molecular weight is 250 g/mol. The summed E-state index contributed by atoms with van der Waals surface area (Å²) in [6, 6.07) is 4.04. The second-order valence-corrected chi connectivity index (χ2v) is 5.36. The van der Waals surface area contributed by atoms with Gasteiger partial charge in [-0.3, -0.25) is 4.98 Å². The Morgan fingerprint density at radius 3 is 2.67 bits per heavy atom. The van der Waals surface area contributed by atoms with Gasteiger partial charge in [-0.25, -0.2) is 4.39 Å². The van der Waals surface area contributed by atoms with Gasteiger partial charge < -0.3 is 5.32 Å². The zero-order chi connectivity index (χ0) is 13.0. The first-order chi connectivity index (χ1) is 8.70. The van der Waals surface area contributed by atoms with Crippen LogP contribution in [0, 0.1) is 11.7 Å². The van der Waals surface area contributed by atoms with Crippen molar-refractivity contribution in [2.45, 2.75) is 58.0 Å². The minimum atomic E-state index is -0.266. The summed E-state index contributed by atoms with van der Waals surface area (Å²) >= 11 is 0. The number of pyridine rings is 1. The molecule has 1 saturated carbocycles. The Labute approximate surface area is 109 Å². The largest absolute Gasteiger partial charge is 0.306 e. The average Bonchev–Trinajstić information content (AvgIpc) is 2.91. The third kappa shape index (κ3) is 3.29. The van der Waals surface area contributed by atoms with Crippen molar-refractivity contribution in [2.75, 3.05) is 0 Å². The van der Waals surface area contributed by atoms with E-state index in [0.717, 1.165) is 18.0 Å². The molecule has 0 bridgehead atoms. The molecule has 0 aromatic carbocycles. The van der Waals surface area contributed by atoms with Gasteiger partial charge in [0.15, 0.2) is 0 Å². The lowest BCUT2D eigenvalue weighted by Gasteiger charge is -2.26. The molecule has 0 aliphatic heterocycles. The Hall–Kier alpha value is -0.960. The fourth-order valence-corrected chi connectivity index (χ4v) is 2.92. The summed E-state index contributed by atoms with van der Waals surface area (Å²) in [5, 5.41) is 3.66. The van der Waals surface area contributed by atoms with E-state index in [1.807, 2.05) is 0 Å². The minimum absolute atomic E-state index is 0.237. The smallest absolute Gasteiger partial charge is 0.141 e. The first-order valence-corrected chi connectivity index (χ1v) is 7.08. The molecule has 100 valence electrons. The van der Waals surface area contributed by atoms with Gasteiger partial charge in [-0.2, -0.15) is 0 Å². The highest BCUT2D eigenvalue weighted by Crippen LogP contribution is 2.29. The summed E-state index contributed by atoms with van der Waals surface area (Å²) in [5.74, 6) is 0.525. The van der Waals surface area contributed by atoms with Crippen LogP contribution in [0.25, 0.3) is 0 Å². The van der Waals surface area contributed by atoms with E-state index in [2.05, 4.69) is 24.1 Å². The molecule has 2 rings (SSSR count). The Morgan fingerprint density at radius 1 is 1.39 bits per heavy atom. The topological polar surface area (TPSA) is 24.9 Å². The molecule has 1 N–H and O–H groups in total. The zero-order valence-corrected chi connectivity index (χ0v) is 11.3. The van der Waals surface area contributed by atoms with E-state index < -0.39 is 0 Å². The summed E-state index contributed by atoms with van der Waals surface area (Å²) < 4.78 is 12.9. The molecule has 0 amide bonds. The lowest BCUT2D eigenvalue weighted by molar-refractivity contribution is 0.335. The molecule has 1 aromatic rings. The number of halogens is 1. The van der Waals surface area contributed by atoms with Gasteiger partial charge in [-0.1, -0.05) is 19.8 Å². The van der Waals surface area contributed by atoms with Crippen molar-refractivity contribution < 1.29 is 4.39 Å². The van der Waals surface area contributed by atoms with Crippen LogP contribution in [0.15, 0.2) is 18.3 Å². The van der Waals surface area contributed by atoms with Gasteiger partial charge >= 0.3 is 0 Å². The van der Waals surface area contributed by atoms with E-state index in [9.17, 15) is 4.39 Å². The second kappa shape index (κ2) is 6.28. The van der Waals surface area contributed by atoms with Crippen molar-refractivity contribution in [3.05, 3.63) is 29.8 Å². The van der Waals surface area contributed by atoms with Crippen molar-refractivity contribution in [3.63, 3.8) is 0 Å². The lowest BCUT2D eigenvalue weighted by atomic mass is 9.98. The standard InChI is InChI=1S/C15H23FN2/c1-3-14(15-9-8-13(16)10-17-15)18-11(2)12-6-4-5-7-12/h8-12,14,18H,3-7H2,1-2H3. The van der Waals surface area contributed by atoms with E-state index in [-0.39, 0.29) is 11.9 Å². The van der Waals surface area contributed by atoms with Gasteiger partial charge in [-0.15, -0.1) is 0 Å². The maximum absolute atomic E-state index is 12.9. The normalized spacial score (nSPS) is 19.9. The van der Waals surface area contributed by atoms with Crippen LogP contribution < -0.4 is 5.32 Å². The molecule has 2 atom stereocenters. The number of nitrogens with one attached hydrogen (secondary N) is 1. The highest BCUT2D eigenvalue weighted by molar-refractivity contribution is 5.10. The van der Waals surface area contributed by atoms with Crippen molar-refractivity contribution in [2.24, 2.45) is 5.92 Å². The molecule has 1 aliphatic carbocycles. The number of aromatic nitrogens is 1. The second-order valence-electron chi connectivity index (χ2n) is 5.36. The molecule has 0 saturated heterocycles. The van der Waals surface area contributed by atoms with Crippen LogP contribution in [0.2, 0.25) is 0 Å². The maximum atomic E-state index is 12.9. The SMILES string of the molecule is CCC(NC(C)C1CCCC1)c1ccc(F)cn1. The van der Waals surface area contributed by atoms with E-state index >= 15 is 0 Å². The minimum Gasteiger partial charge on any atom is -0.306 e. The fourth-order valence-electron chi connectivity index (χ4n) is 2.92. The van der Waals surface area contributed by atoms with Crippen molar-refractivity contribution in [3.8, 4) is 0 Å². The van der Waals surface area contributed by atoms with Crippen molar-refractivity contribution >= 4 is 0 Å². The van der Waals surface area contributed by atoms with Gasteiger partial charge in [0.2, 0.25) is 0 Å². The number of hydrogen-bond donors (Lipinski definition) is 1. The number of rotatable bonds is 5. The number of hydrogen-bond acceptors (Lipinski definition) is 2. The summed E-state index contributed by atoms with van der Waals surface area (Å²) in [4.78, 5) is 4.19. The summed E-state index contributed by atoms with van der Waals surface area (Å²) in [6.07, 6.45) is 7.68. The first-order valence-electron chi connectivity index (χ1n) is 7.08. The van der Waals surface area contributed by atoms with E-state index in [0.29, 0.717) is 6.04 Å². The molecule has 0 radical (unpaired) electrons. The van der Waals surface area contributed by atoms with E-state index in [1.165, 1.54) is 37.9 Å². The predicted molar refractivity (Wildman–Crippen MR) is 71.8 cm³/mol. The summed E-state index contributed by atoms with van der Waals surface area (Å²) in [7, 11) is 0. The van der Waals surface area contributed by atoms with Crippen LogP contribution in [0.5, 0.6) is 0 Å². The van der Waals surface area contributed by atoms with Gasteiger partial charge in [0.05, 0.1) is 11.9 Å². The van der Waals surface area contributed by atoms with Crippen LogP contribution in [-0.4, -0.2) is 11.0 Å². The van der Waals surface area contributed by atoms with Crippen LogP contribution >= 0.6 is 0 Å². The van der Waals surface area contributed by atoms with Gasteiger partial charge in [0.25, 0.3) is 0 Å². The van der Waals surface area contributed by atoms with E-state index in [4.69, 9.17) is 0 Å². The lowest BCUT2D eigenvalue weighted by Crippen LogP contribution is -2.35. The molecular weight excluding hydrogens is 227 g/mol. The summed E-state index contributed by atoms with van der Waals surface area (Å²) in [5.41, 5.74) is 0.948. The first kappa shape index (κ1) is 13.5. The number of nitrogens with zero attached hydrogens (tertiary/aromatic N) is 1. The van der Waals surface area contributed by atoms with Gasteiger partial charge in [0.1, 0.15) is 5.82 Å². The zero-order valence-electron chi connectivity index (χ0n) is 11.3. The molecule has 1 fully saturated rings. The molecular formula is C15H23FN2. The molecule has 1 heterocycles. The van der Waals surface area contributed by atoms with Crippen LogP contribution in [0.3, 0.4) is 0 Å². The monoisotopic (exact) mass is 250 g/mol. The molecule has 1 aliphatic rings. The Balaban J connectivity index is 1.97. The van der Waals surface area contributed by atoms with Crippen LogP contribution in [0.1, 0.15) is 57.7 Å². The van der Waals surface area contributed by atoms with Crippen LogP contribution in [0.4, 0.5) is 4.39 Å². The fraction of sp³-hybridized carbons (Fsp3) is 0.667. The van der Waals surface area contributed by atoms with Crippen molar-refractivity contribution in [1.82, 2.24) is 10.3 Å². The van der Waals surface area contributed by atoms with Gasteiger partial charge in [0, 0.05) is 12.1 Å². The molecule has 2 nitrogen and oxygen atoms in total. The van der Waals surface area contributed by atoms with E-state index in [1.54, 1.807) is 6.07 Å². The Bertz CT molecular complexity index is 357. The summed E-state index contributed by atoms with van der Waals surface area (Å²) in [6.45, 7) is 4.41. The van der Waals surface area contributed by atoms with Crippen molar-refractivity contribution in [1.29, 1.82) is 0 Å². The third-order valence-corrected chi connectivity index (χ3v) is 4.09. The van der Waals surface area contributed by atoms with Crippen LogP contribution in [-0.2, 0) is 0 Å². The quantitative estimate of drug-likeness (QED) is 0.858. The highest BCUT2D eigenvalue weighted by atomic mass is 19.1.